The Morgan fingerprint density at radius 2 is 1.79 bits per heavy atom. The number of benzene rings is 2. The van der Waals surface area contributed by atoms with E-state index in [1.54, 1.807) is 24.3 Å². The van der Waals surface area contributed by atoms with Crippen LogP contribution in [0.2, 0.25) is 0 Å². The van der Waals surface area contributed by atoms with Crippen molar-refractivity contribution in [1.82, 2.24) is 0 Å². The molecule has 0 atom stereocenters. The van der Waals surface area contributed by atoms with Gasteiger partial charge < -0.3 is 15.0 Å². The van der Waals surface area contributed by atoms with E-state index in [1.165, 1.54) is 12.8 Å². The van der Waals surface area contributed by atoms with E-state index in [9.17, 15) is 9.59 Å². The molecule has 0 bridgehead atoms. The van der Waals surface area contributed by atoms with E-state index in [4.69, 9.17) is 4.74 Å². The second-order valence-corrected chi connectivity index (χ2v) is 5.70. The zero-order chi connectivity index (χ0) is 16.8. The van der Waals surface area contributed by atoms with Crippen LogP contribution in [0, 0.1) is 0 Å². The SMILES string of the molecule is O=Cc1ccccc1OCC(=O)Nc1ccccc1N1CCCC1. The molecular weight excluding hydrogens is 304 g/mol. The molecule has 0 radical (unpaired) electrons. The predicted molar refractivity (Wildman–Crippen MR) is 93.8 cm³/mol. The van der Waals surface area contributed by atoms with Gasteiger partial charge in [-0.05, 0) is 37.1 Å². The largest absolute Gasteiger partial charge is 0.483 e. The summed E-state index contributed by atoms with van der Waals surface area (Å²) in [4.78, 5) is 25.5. The third-order valence-electron chi connectivity index (χ3n) is 4.03. The third kappa shape index (κ3) is 3.74. The van der Waals surface area contributed by atoms with Gasteiger partial charge in [-0.2, -0.15) is 0 Å². The number of amides is 1. The monoisotopic (exact) mass is 324 g/mol. The van der Waals surface area contributed by atoms with Crippen molar-refractivity contribution in [2.75, 3.05) is 29.9 Å². The van der Waals surface area contributed by atoms with Gasteiger partial charge in [-0.1, -0.05) is 24.3 Å². The summed E-state index contributed by atoms with van der Waals surface area (Å²) in [6.45, 7) is 1.88. The molecule has 1 heterocycles. The number of nitrogens with one attached hydrogen (secondary N) is 1. The second-order valence-electron chi connectivity index (χ2n) is 5.70. The zero-order valence-electron chi connectivity index (χ0n) is 13.4. The summed E-state index contributed by atoms with van der Waals surface area (Å²) in [7, 11) is 0. The first-order chi connectivity index (χ1) is 11.8. The normalized spacial score (nSPS) is 13.6. The van der Waals surface area contributed by atoms with Crippen molar-refractivity contribution in [3.63, 3.8) is 0 Å². The van der Waals surface area contributed by atoms with Gasteiger partial charge in [-0.3, -0.25) is 9.59 Å². The Bertz CT molecular complexity index is 724. The lowest BCUT2D eigenvalue weighted by atomic mass is 10.2. The number of carbonyl (C=O) groups excluding carboxylic acids is 2. The van der Waals surface area contributed by atoms with Crippen molar-refractivity contribution in [1.29, 1.82) is 0 Å². The topological polar surface area (TPSA) is 58.6 Å². The van der Waals surface area contributed by atoms with Crippen LogP contribution in [0.25, 0.3) is 0 Å². The molecule has 124 valence electrons. The molecule has 24 heavy (non-hydrogen) atoms. The molecular formula is C19H20N2O3. The fraction of sp³-hybridized carbons (Fsp3) is 0.263. The van der Waals surface area contributed by atoms with Crippen molar-refractivity contribution in [2.45, 2.75) is 12.8 Å². The number of rotatable bonds is 6. The van der Waals surface area contributed by atoms with Crippen molar-refractivity contribution < 1.29 is 14.3 Å². The quantitative estimate of drug-likeness (QED) is 0.830. The van der Waals surface area contributed by atoms with E-state index in [0.717, 1.165) is 30.8 Å². The molecule has 1 amide bonds. The fourth-order valence-corrected chi connectivity index (χ4v) is 2.85. The number of hydrogen-bond acceptors (Lipinski definition) is 4. The Morgan fingerprint density at radius 1 is 1.08 bits per heavy atom. The molecule has 0 spiro atoms. The van der Waals surface area contributed by atoms with Gasteiger partial charge in [0.15, 0.2) is 12.9 Å². The molecule has 5 nitrogen and oxygen atoms in total. The van der Waals surface area contributed by atoms with E-state index in [1.807, 2.05) is 24.3 Å². The van der Waals surface area contributed by atoms with Gasteiger partial charge in [0.2, 0.25) is 0 Å². The highest BCUT2D eigenvalue weighted by atomic mass is 16.5. The van der Waals surface area contributed by atoms with Crippen LogP contribution in [-0.4, -0.2) is 31.9 Å². The first-order valence-corrected chi connectivity index (χ1v) is 8.09. The highest BCUT2D eigenvalue weighted by Crippen LogP contribution is 2.28. The third-order valence-corrected chi connectivity index (χ3v) is 4.03. The van der Waals surface area contributed by atoms with Crippen molar-refractivity contribution in [2.24, 2.45) is 0 Å². The lowest BCUT2D eigenvalue weighted by Crippen LogP contribution is -2.24. The van der Waals surface area contributed by atoms with Gasteiger partial charge in [-0.15, -0.1) is 0 Å². The zero-order valence-corrected chi connectivity index (χ0v) is 13.4. The molecule has 0 aromatic heterocycles. The minimum Gasteiger partial charge on any atom is -0.483 e. The Balaban J connectivity index is 1.64. The number of hydrogen-bond donors (Lipinski definition) is 1. The summed E-state index contributed by atoms with van der Waals surface area (Å²) in [5.41, 5.74) is 2.26. The summed E-state index contributed by atoms with van der Waals surface area (Å²) in [6, 6.07) is 14.6. The molecule has 2 aromatic carbocycles. The lowest BCUT2D eigenvalue weighted by Gasteiger charge is -2.21. The van der Waals surface area contributed by atoms with Gasteiger partial charge in [0.1, 0.15) is 5.75 Å². The van der Waals surface area contributed by atoms with E-state index in [0.29, 0.717) is 11.3 Å². The van der Waals surface area contributed by atoms with Gasteiger partial charge in [-0.25, -0.2) is 0 Å². The van der Waals surface area contributed by atoms with Crippen LogP contribution in [0.1, 0.15) is 23.2 Å². The molecule has 1 N–H and O–H groups in total. The van der Waals surface area contributed by atoms with Crippen LogP contribution in [0.4, 0.5) is 11.4 Å². The summed E-state index contributed by atoms with van der Waals surface area (Å²) in [5.74, 6) is 0.165. The maximum atomic E-state index is 12.2. The van der Waals surface area contributed by atoms with Crippen molar-refractivity contribution in [3.05, 3.63) is 54.1 Å². The maximum absolute atomic E-state index is 12.2. The standard InChI is InChI=1S/C19H20N2O3/c22-13-15-7-1-4-10-18(15)24-14-19(23)20-16-8-2-3-9-17(16)21-11-5-6-12-21/h1-4,7-10,13H,5-6,11-12,14H2,(H,20,23). The molecule has 1 aliphatic heterocycles. The van der Waals surface area contributed by atoms with Crippen LogP contribution in [-0.2, 0) is 4.79 Å². The number of carbonyl (C=O) groups is 2. The number of ether oxygens (including phenoxy) is 1. The van der Waals surface area contributed by atoms with Gasteiger partial charge >= 0.3 is 0 Å². The smallest absolute Gasteiger partial charge is 0.262 e. The van der Waals surface area contributed by atoms with Gasteiger partial charge in [0.25, 0.3) is 5.91 Å². The average molecular weight is 324 g/mol. The van der Waals surface area contributed by atoms with Crippen LogP contribution in [0.5, 0.6) is 5.75 Å². The molecule has 0 unspecified atom stereocenters. The minimum atomic E-state index is -0.248. The van der Waals surface area contributed by atoms with E-state index >= 15 is 0 Å². The van der Waals surface area contributed by atoms with Crippen LogP contribution in [0.3, 0.4) is 0 Å². The molecule has 2 aromatic rings. The molecule has 3 rings (SSSR count). The lowest BCUT2D eigenvalue weighted by molar-refractivity contribution is -0.118. The van der Waals surface area contributed by atoms with E-state index in [2.05, 4.69) is 10.2 Å². The second kappa shape index (κ2) is 7.64. The summed E-state index contributed by atoms with van der Waals surface area (Å²) in [6.07, 6.45) is 3.07. The Hall–Kier alpha value is -2.82. The first kappa shape index (κ1) is 16.1. The predicted octanol–water partition coefficient (Wildman–Crippen LogP) is 3.12. The average Bonchev–Trinajstić information content (AvgIpc) is 3.15. The Morgan fingerprint density at radius 3 is 2.58 bits per heavy atom. The highest BCUT2D eigenvalue weighted by Gasteiger charge is 2.16. The van der Waals surface area contributed by atoms with Crippen LogP contribution in [0.15, 0.2) is 48.5 Å². The molecule has 0 aliphatic carbocycles. The number of aldehydes is 1. The van der Waals surface area contributed by atoms with Crippen LogP contribution < -0.4 is 15.0 Å². The molecule has 0 saturated carbocycles. The number of para-hydroxylation sites is 3. The Kier molecular flexibility index (Phi) is 5.11. The minimum absolute atomic E-state index is 0.140. The summed E-state index contributed by atoms with van der Waals surface area (Å²) >= 11 is 0. The molecule has 1 saturated heterocycles. The molecule has 1 fully saturated rings. The molecule has 5 heteroatoms. The number of nitrogens with zero attached hydrogens (tertiary/aromatic N) is 1. The van der Waals surface area contributed by atoms with Gasteiger partial charge in [0.05, 0.1) is 16.9 Å². The highest BCUT2D eigenvalue weighted by molar-refractivity contribution is 5.95. The number of anilines is 2. The molecule has 1 aliphatic rings. The van der Waals surface area contributed by atoms with E-state index < -0.39 is 0 Å². The summed E-state index contributed by atoms with van der Waals surface area (Å²) in [5, 5.41) is 2.90. The first-order valence-electron chi connectivity index (χ1n) is 8.09. The maximum Gasteiger partial charge on any atom is 0.262 e. The van der Waals surface area contributed by atoms with Crippen LogP contribution >= 0.6 is 0 Å². The fourth-order valence-electron chi connectivity index (χ4n) is 2.85. The van der Waals surface area contributed by atoms with E-state index in [-0.39, 0.29) is 12.5 Å². The Labute approximate surface area is 141 Å². The van der Waals surface area contributed by atoms with Crippen molar-refractivity contribution in [3.8, 4) is 5.75 Å². The van der Waals surface area contributed by atoms with Gasteiger partial charge in [0, 0.05) is 13.1 Å². The van der Waals surface area contributed by atoms with Crippen molar-refractivity contribution >= 4 is 23.6 Å². The summed E-state index contributed by atoms with van der Waals surface area (Å²) < 4.78 is 5.47.